The van der Waals surface area contributed by atoms with Crippen molar-refractivity contribution in [3.8, 4) is 0 Å². The van der Waals surface area contributed by atoms with Crippen molar-refractivity contribution >= 4 is 0 Å². The van der Waals surface area contributed by atoms with E-state index in [0.717, 1.165) is 12.8 Å². The highest BCUT2D eigenvalue weighted by molar-refractivity contribution is 5.28. The van der Waals surface area contributed by atoms with Gasteiger partial charge in [0.2, 0.25) is 0 Å². The summed E-state index contributed by atoms with van der Waals surface area (Å²) < 4.78 is 0. The Balaban J connectivity index is 2.21. The maximum absolute atomic E-state index is 6.17. The maximum Gasteiger partial charge on any atom is 0.0485 e. The van der Waals surface area contributed by atoms with Crippen LogP contribution in [0.1, 0.15) is 30.0 Å². The first-order chi connectivity index (χ1) is 7.83. The smallest absolute Gasteiger partial charge is 0.0485 e. The molecule has 3 nitrogen and oxygen atoms in total. The molecule has 0 saturated heterocycles. The van der Waals surface area contributed by atoms with Crippen molar-refractivity contribution in [2.75, 3.05) is 6.54 Å². The van der Waals surface area contributed by atoms with E-state index in [0.29, 0.717) is 12.5 Å². The zero-order chi connectivity index (χ0) is 11.4. The van der Waals surface area contributed by atoms with E-state index in [4.69, 9.17) is 11.5 Å². The second-order valence-corrected chi connectivity index (χ2v) is 4.29. The number of hydrogen-bond donors (Lipinski definition) is 2. The average Bonchev–Trinajstić information content (AvgIpc) is 2.35. The molecule has 4 N–H and O–H groups in total. The normalized spacial score (nSPS) is 22.0. The van der Waals surface area contributed by atoms with Gasteiger partial charge >= 0.3 is 0 Å². The van der Waals surface area contributed by atoms with E-state index >= 15 is 0 Å². The molecular weight excluding hydrogens is 198 g/mol. The number of nitrogens with zero attached hydrogens (tertiary/aromatic N) is 1. The standard InChI is InChI=1S/C13H19N3/c14-8-2-7-12(15)11-6-1-4-10-5-3-9-16-13(10)11/h2-3,5,7,9,11-12H,1,4,6,8,14-15H2/t11?,12-/m0/s1. The second-order valence-electron chi connectivity index (χ2n) is 4.29. The third kappa shape index (κ3) is 2.31. The van der Waals surface area contributed by atoms with Crippen LogP contribution in [0.2, 0.25) is 0 Å². The van der Waals surface area contributed by atoms with Gasteiger partial charge in [-0.3, -0.25) is 4.98 Å². The highest BCUT2D eigenvalue weighted by atomic mass is 14.7. The van der Waals surface area contributed by atoms with E-state index in [1.807, 2.05) is 24.4 Å². The molecule has 1 aromatic rings. The van der Waals surface area contributed by atoms with Crippen molar-refractivity contribution in [1.82, 2.24) is 4.98 Å². The lowest BCUT2D eigenvalue weighted by molar-refractivity contribution is 0.497. The zero-order valence-corrected chi connectivity index (χ0v) is 9.47. The number of fused-ring (bicyclic) bond motifs is 1. The fraction of sp³-hybridized carbons (Fsp3) is 0.462. The highest BCUT2D eigenvalue weighted by Crippen LogP contribution is 2.31. The number of nitrogens with two attached hydrogens (primary N) is 2. The van der Waals surface area contributed by atoms with E-state index in [1.54, 1.807) is 0 Å². The molecule has 0 spiro atoms. The van der Waals surface area contributed by atoms with Crippen molar-refractivity contribution in [2.24, 2.45) is 11.5 Å². The number of rotatable bonds is 3. The van der Waals surface area contributed by atoms with Crippen molar-refractivity contribution in [1.29, 1.82) is 0 Å². The summed E-state index contributed by atoms with van der Waals surface area (Å²) in [6.45, 7) is 0.551. The molecule has 1 aliphatic rings. The van der Waals surface area contributed by atoms with Crippen LogP contribution in [0.25, 0.3) is 0 Å². The van der Waals surface area contributed by atoms with E-state index in [1.165, 1.54) is 17.7 Å². The van der Waals surface area contributed by atoms with Crippen molar-refractivity contribution < 1.29 is 0 Å². The number of hydrogen-bond acceptors (Lipinski definition) is 3. The molecule has 0 fully saturated rings. The van der Waals surface area contributed by atoms with Crippen LogP contribution >= 0.6 is 0 Å². The first kappa shape index (κ1) is 11.3. The summed E-state index contributed by atoms with van der Waals surface area (Å²) in [4.78, 5) is 4.48. The van der Waals surface area contributed by atoms with Gasteiger partial charge in [0.05, 0.1) is 0 Å². The number of aryl methyl sites for hydroxylation is 1. The van der Waals surface area contributed by atoms with Crippen molar-refractivity contribution in [3.63, 3.8) is 0 Å². The average molecular weight is 217 g/mol. The number of pyridine rings is 1. The minimum Gasteiger partial charge on any atom is -0.327 e. The quantitative estimate of drug-likeness (QED) is 0.751. The topological polar surface area (TPSA) is 64.9 Å². The SMILES string of the molecule is NCC=C[C@H](N)C1CCCc2cccnc21. The molecular formula is C13H19N3. The molecule has 0 bridgehead atoms. The first-order valence-electron chi connectivity index (χ1n) is 5.89. The summed E-state index contributed by atoms with van der Waals surface area (Å²) in [7, 11) is 0. The summed E-state index contributed by atoms with van der Waals surface area (Å²) in [5.41, 5.74) is 14.2. The lowest BCUT2D eigenvalue weighted by Crippen LogP contribution is -2.30. The van der Waals surface area contributed by atoms with Gasteiger partial charge in [-0.2, -0.15) is 0 Å². The van der Waals surface area contributed by atoms with Crippen LogP contribution in [-0.4, -0.2) is 17.6 Å². The van der Waals surface area contributed by atoms with E-state index < -0.39 is 0 Å². The Kier molecular flexibility index (Phi) is 3.70. The van der Waals surface area contributed by atoms with Crippen LogP contribution in [0.4, 0.5) is 0 Å². The van der Waals surface area contributed by atoms with Gasteiger partial charge < -0.3 is 11.5 Å². The van der Waals surface area contributed by atoms with Gasteiger partial charge in [0.25, 0.3) is 0 Å². The van der Waals surface area contributed by atoms with Crippen molar-refractivity contribution in [3.05, 3.63) is 41.7 Å². The number of aromatic nitrogens is 1. The van der Waals surface area contributed by atoms with Gasteiger partial charge in [0, 0.05) is 30.4 Å². The monoisotopic (exact) mass is 217 g/mol. The molecule has 0 saturated carbocycles. The fourth-order valence-corrected chi connectivity index (χ4v) is 2.39. The Bertz CT molecular complexity index is 373. The van der Waals surface area contributed by atoms with Gasteiger partial charge in [-0.1, -0.05) is 18.2 Å². The third-order valence-electron chi connectivity index (χ3n) is 3.20. The summed E-state index contributed by atoms with van der Waals surface area (Å²) in [6.07, 6.45) is 9.26. The Morgan fingerprint density at radius 1 is 1.56 bits per heavy atom. The lowest BCUT2D eigenvalue weighted by Gasteiger charge is -2.27. The molecule has 2 atom stereocenters. The minimum atomic E-state index is 0.0394. The van der Waals surface area contributed by atoms with Gasteiger partial charge in [-0.25, -0.2) is 0 Å². The Morgan fingerprint density at radius 2 is 2.44 bits per heavy atom. The van der Waals surface area contributed by atoms with Gasteiger partial charge in [0.1, 0.15) is 0 Å². The lowest BCUT2D eigenvalue weighted by atomic mass is 9.82. The Morgan fingerprint density at radius 3 is 3.25 bits per heavy atom. The van der Waals surface area contributed by atoms with Gasteiger partial charge in [0.15, 0.2) is 0 Å². The molecule has 86 valence electrons. The molecule has 1 aromatic heterocycles. The molecule has 0 amide bonds. The minimum absolute atomic E-state index is 0.0394. The van der Waals surface area contributed by atoms with Crippen LogP contribution in [0, 0.1) is 0 Å². The Hall–Kier alpha value is -1.19. The van der Waals surface area contributed by atoms with E-state index in [9.17, 15) is 0 Å². The van der Waals surface area contributed by atoms with Crippen LogP contribution in [-0.2, 0) is 6.42 Å². The second kappa shape index (κ2) is 5.23. The van der Waals surface area contributed by atoms with Crippen LogP contribution in [0.5, 0.6) is 0 Å². The van der Waals surface area contributed by atoms with Crippen LogP contribution in [0.3, 0.4) is 0 Å². The molecule has 2 rings (SSSR count). The Labute approximate surface area is 96.6 Å². The molecule has 16 heavy (non-hydrogen) atoms. The summed E-state index contributed by atoms with van der Waals surface area (Å²) in [5, 5.41) is 0. The van der Waals surface area contributed by atoms with Gasteiger partial charge in [-0.05, 0) is 30.9 Å². The molecule has 0 aliphatic heterocycles. The molecule has 0 radical (unpaired) electrons. The predicted octanol–water partition coefficient (Wildman–Crippen LogP) is 1.34. The zero-order valence-electron chi connectivity index (χ0n) is 9.47. The van der Waals surface area contributed by atoms with E-state index in [-0.39, 0.29) is 6.04 Å². The molecule has 3 heteroatoms. The molecule has 1 unspecified atom stereocenters. The third-order valence-corrected chi connectivity index (χ3v) is 3.20. The summed E-state index contributed by atoms with van der Waals surface area (Å²) in [5.74, 6) is 0.354. The first-order valence-corrected chi connectivity index (χ1v) is 5.89. The van der Waals surface area contributed by atoms with E-state index in [2.05, 4.69) is 11.1 Å². The summed E-state index contributed by atoms with van der Waals surface area (Å²) in [6, 6.07) is 4.20. The van der Waals surface area contributed by atoms with Crippen LogP contribution in [0.15, 0.2) is 30.5 Å². The van der Waals surface area contributed by atoms with Crippen LogP contribution < -0.4 is 11.5 Å². The maximum atomic E-state index is 6.17. The molecule has 0 aromatic carbocycles. The van der Waals surface area contributed by atoms with Gasteiger partial charge in [-0.15, -0.1) is 0 Å². The predicted molar refractivity (Wildman–Crippen MR) is 66.1 cm³/mol. The molecule has 1 aliphatic carbocycles. The summed E-state index contributed by atoms with van der Waals surface area (Å²) >= 11 is 0. The largest absolute Gasteiger partial charge is 0.327 e. The fourth-order valence-electron chi connectivity index (χ4n) is 2.39. The highest BCUT2D eigenvalue weighted by Gasteiger charge is 2.24. The van der Waals surface area contributed by atoms with Crippen molar-refractivity contribution in [2.45, 2.75) is 31.2 Å². The molecule has 1 heterocycles.